The van der Waals surface area contributed by atoms with E-state index in [1.807, 2.05) is 12.1 Å². The first kappa shape index (κ1) is 12.8. The third-order valence-corrected chi connectivity index (χ3v) is 7.09. The summed E-state index contributed by atoms with van der Waals surface area (Å²) in [5.41, 5.74) is 3.24. The summed E-state index contributed by atoms with van der Waals surface area (Å²) in [5.74, 6) is 2.74. The monoisotopic (exact) mass is 286 g/mol. The minimum Gasteiger partial charge on any atom is -0.508 e. The molecular weight excluding hydrogens is 264 g/mol. The quantitative estimate of drug-likeness (QED) is 0.702. The first-order valence-electron chi connectivity index (χ1n) is 7.95. The van der Waals surface area contributed by atoms with Crippen LogP contribution in [-0.2, 0) is 6.42 Å². The van der Waals surface area contributed by atoms with E-state index < -0.39 is 0 Å². The number of phenols is 1. The van der Waals surface area contributed by atoms with Gasteiger partial charge in [-0.15, -0.1) is 0 Å². The maximum Gasteiger partial charge on any atom is 0.115 e. The van der Waals surface area contributed by atoms with E-state index in [0.717, 1.165) is 18.3 Å². The standard InChI is InChI=1S/C18H22OS/c1-18-9-8-14-13-5-3-12(19)10-11(13)2-4-15(14)16(18)6-7-17(18)20/h3,5,10,14-16,19H,2,4,6-9H2,1H3/t14-,15-,16+,18+/m1/s1. The highest BCUT2D eigenvalue weighted by molar-refractivity contribution is 7.80. The van der Waals surface area contributed by atoms with Gasteiger partial charge in [-0.2, -0.15) is 0 Å². The zero-order valence-corrected chi connectivity index (χ0v) is 12.9. The van der Waals surface area contributed by atoms with Crippen LogP contribution in [0, 0.1) is 17.3 Å². The highest BCUT2D eigenvalue weighted by atomic mass is 32.1. The van der Waals surface area contributed by atoms with Gasteiger partial charge in [0.1, 0.15) is 5.75 Å². The molecule has 0 saturated heterocycles. The molecule has 0 bridgehead atoms. The molecule has 4 rings (SSSR count). The fraction of sp³-hybridized carbons (Fsp3) is 0.611. The zero-order chi connectivity index (χ0) is 13.9. The summed E-state index contributed by atoms with van der Waals surface area (Å²) in [7, 11) is 0. The van der Waals surface area contributed by atoms with Gasteiger partial charge < -0.3 is 5.11 Å². The molecule has 106 valence electrons. The SMILES string of the molecule is C[C@]12CC[C@@H]3c4ccc(O)cc4CC[C@H]3[C@@H]1CCC2=S. The Kier molecular flexibility index (Phi) is 2.76. The van der Waals surface area contributed by atoms with Gasteiger partial charge >= 0.3 is 0 Å². The Morgan fingerprint density at radius 3 is 2.90 bits per heavy atom. The molecule has 1 aromatic carbocycles. The Morgan fingerprint density at radius 1 is 1.20 bits per heavy atom. The van der Waals surface area contributed by atoms with E-state index in [9.17, 15) is 5.11 Å². The number of fused-ring (bicyclic) bond motifs is 5. The molecule has 0 heterocycles. The molecule has 3 aliphatic rings. The first-order valence-corrected chi connectivity index (χ1v) is 8.35. The minimum atomic E-state index is 0.338. The topological polar surface area (TPSA) is 20.2 Å². The van der Waals surface area contributed by atoms with Gasteiger partial charge in [0, 0.05) is 5.41 Å². The number of phenolic OH excluding ortho intramolecular Hbond substituents is 1. The van der Waals surface area contributed by atoms with E-state index >= 15 is 0 Å². The highest BCUT2D eigenvalue weighted by Crippen LogP contribution is 2.59. The van der Waals surface area contributed by atoms with Gasteiger partial charge in [0.25, 0.3) is 0 Å². The largest absolute Gasteiger partial charge is 0.508 e. The molecule has 0 spiro atoms. The van der Waals surface area contributed by atoms with Crippen molar-refractivity contribution in [3.63, 3.8) is 0 Å². The van der Waals surface area contributed by atoms with Crippen LogP contribution in [0.4, 0.5) is 0 Å². The molecule has 0 amide bonds. The number of benzene rings is 1. The molecule has 0 aromatic heterocycles. The van der Waals surface area contributed by atoms with Gasteiger partial charge in [0.05, 0.1) is 0 Å². The summed E-state index contributed by atoms with van der Waals surface area (Å²) in [6.07, 6.45) is 7.42. The summed E-state index contributed by atoms with van der Waals surface area (Å²) in [6, 6.07) is 6.03. The van der Waals surface area contributed by atoms with Crippen LogP contribution < -0.4 is 0 Å². The molecular formula is C18H22OS. The van der Waals surface area contributed by atoms with Crippen molar-refractivity contribution < 1.29 is 5.11 Å². The van der Waals surface area contributed by atoms with Crippen LogP contribution in [0.25, 0.3) is 0 Å². The molecule has 0 unspecified atom stereocenters. The molecule has 20 heavy (non-hydrogen) atoms. The van der Waals surface area contributed by atoms with Crippen LogP contribution in [0.5, 0.6) is 5.75 Å². The second kappa shape index (κ2) is 4.30. The minimum absolute atomic E-state index is 0.338. The third kappa shape index (κ3) is 1.64. The lowest BCUT2D eigenvalue weighted by Gasteiger charge is -2.49. The van der Waals surface area contributed by atoms with Gasteiger partial charge in [0.2, 0.25) is 0 Å². The van der Waals surface area contributed by atoms with Gasteiger partial charge in [-0.05, 0) is 84.4 Å². The number of hydrogen-bond acceptors (Lipinski definition) is 2. The van der Waals surface area contributed by atoms with Gasteiger partial charge in [-0.1, -0.05) is 25.2 Å². The van der Waals surface area contributed by atoms with Crippen molar-refractivity contribution in [1.82, 2.24) is 0 Å². The normalized spacial score (nSPS) is 39.0. The summed E-state index contributed by atoms with van der Waals surface area (Å²) >= 11 is 5.69. The number of aromatic hydroxyl groups is 1. The number of thiocarbonyl (C=S) groups is 1. The lowest BCUT2D eigenvalue weighted by Crippen LogP contribution is -2.42. The summed E-state index contributed by atoms with van der Waals surface area (Å²) in [6.45, 7) is 2.43. The van der Waals surface area contributed by atoms with E-state index in [1.165, 1.54) is 48.1 Å². The maximum absolute atomic E-state index is 9.69. The molecule has 1 aromatic rings. The van der Waals surface area contributed by atoms with Crippen molar-refractivity contribution in [1.29, 1.82) is 0 Å². The number of hydrogen-bond donors (Lipinski definition) is 1. The Morgan fingerprint density at radius 2 is 2.05 bits per heavy atom. The van der Waals surface area contributed by atoms with E-state index in [2.05, 4.69) is 13.0 Å². The predicted octanol–water partition coefficient (Wildman–Crippen LogP) is 4.62. The summed E-state index contributed by atoms with van der Waals surface area (Å²) in [4.78, 5) is 1.34. The number of rotatable bonds is 0. The Hall–Kier alpha value is -0.890. The van der Waals surface area contributed by atoms with Crippen molar-refractivity contribution in [2.24, 2.45) is 17.3 Å². The van der Waals surface area contributed by atoms with Crippen LogP contribution in [-0.4, -0.2) is 9.97 Å². The van der Waals surface area contributed by atoms with Crippen molar-refractivity contribution in [3.05, 3.63) is 29.3 Å². The fourth-order valence-electron chi connectivity index (χ4n) is 5.34. The Bertz CT molecular complexity index is 579. The van der Waals surface area contributed by atoms with Gasteiger partial charge in [-0.3, -0.25) is 0 Å². The maximum atomic E-state index is 9.69. The van der Waals surface area contributed by atoms with Crippen molar-refractivity contribution in [2.45, 2.75) is 51.4 Å². The van der Waals surface area contributed by atoms with Crippen LogP contribution in [0.1, 0.15) is 56.1 Å². The molecule has 3 aliphatic carbocycles. The second-order valence-electron chi connectivity index (χ2n) is 7.22. The fourth-order valence-corrected chi connectivity index (χ4v) is 5.71. The third-order valence-electron chi connectivity index (χ3n) is 6.42. The smallest absolute Gasteiger partial charge is 0.115 e. The van der Waals surface area contributed by atoms with Crippen LogP contribution in [0.15, 0.2) is 18.2 Å². The predicted molar refractivity (Wildman–Crippen MR) is 85.3 cm³/mol. The molecule has 0 radical (unpaired) electrons. The molecule has 2 fully saturated rings. The lowest BCUT2D eigenvalue weighted by molar-refractivity contribution is 0.0967. The van der Waals surface area contributed by atoms with Crippen LogP contribution in [0.3, 0.4) is 0 Å². The summed E-state index contributed by atoms with van der Waals surface area (Å²) < 4.78 is 0. The first-order chi connectivity index (χ1) is 9.59. The van der Waals surface area contributed by atoms with Crippen LogP contribution in [0.2, 0.25) is 0 Å². The van der Waals surface area contributed by atoms with Crippen LogP contribution >= 0.6 is 12.2 Å². The van der Waals surface area contributed by atoms with Crippen molar-refractivity contribution >= 4 is 17.1 Å². The number of aryl methyl sites for hydroxylation is 1. The van der Waals surface area contributed by atoms with Crippen molar-refractivity contribution in [3.8, 4) is 5.75 Å². The van der Waals surface area contributed by atoms with E-state index in [0.29, 0.717) is 17.1 Å². The van der Waals surface area contributed by atoms with Crippen molar-refractivity contribution in [2.75, 3.05) is 0 Å². The molecule has 1 N–H and O–H groups in total. The second-order valence-corrected chi connectivity index (χ2v) is 7.71. The van der Waals surface area contributed by atoms with Gasteiger partial charge in [-0.25, -0.2) is 0 Å². The average Bonchev–Trinajstić information content (AvgIpc) is 2.74. The zero-order valence-electron chi connectivity index (χ0n) is 12.1. The highest BCUT2D eigenvalue weighted by Gasteiger charge is 2.52. The Labute approximate surface area is 126 Å². The average molecular weight is 286 g/mol. The lowest BCUT2D eigenvalue weighted by atomic mass is 9.56. The van der Waals surface area contributed by atoms with E-state index in [1.54, 1.807) is 0 Å². The Balaban J connectivity index is 1.73. The molecule has 1 nitrogen and oxygen atoms in total. The molecule has 2 heteroatoms. The van der Waals surface area contributed by atoms with E-state index in [4.69, 9.17) is 12.2 Å². The molecule has 4 atom stereocenters. The van der Waals surface area contributed by atoms with Gasteiger partial charge in [0.15, 0.2) is 0 Å². The molecule has 0 aliphatic heterocycles. The van der Waals surface area contributed by atoms with E-state index in [-0.39, 0.29) is 0 Å². The molecule has 2 saturated carbocycles. The summed E-state index contributed by atoms with van der Waals surface area (Å²) in [5, 5.41) is 9.69.